The minimum Gasteiger partial charge on any atom is -0.342 e. The molecule has 25 heavy (non-hydrogen) atoms. The first kappa shape index (κ1) is 15.7. The Morgan fingerprint density at radius 2 is 1.92 bits per heavy atom. The van der Waals surface area contributed by atoms with E-state index < -0.39 is 10.0 Å². The van der Waals surface area contributed by atoms with Gasteiger partial charge in [0.15, 0.2) is 10.7 Å². The van der Waals surface area contributed by atoms with Gasteiger partial charge in [-0.25, -0.2) is 28.5 Å². The summed E-state index contributed by atoms with van der Waals surface area (Å²) >= 11 is 0. The number of aromatic nitrogens is 4. The lowest BCUT2D eigenvalue weighted by Gasteiger charge is -2.08. The number of nitrogens with zero attached hydrogens (tertiary/aromatic N) is 4. The van der Waals surface area contributed by atoms with E-state index in [1.54, 1.807) is 6.07 Å². The number of aryl methyl sites for hydroxylation is 1. The van der Waals surface area contributed by atoms with Gasteiger partial charge >= 0.3 is 0 Å². The van der Waals surface area contributed by atoms with Crippen LogP contribution in [0.4, 0.5) is 0 Å². The monoisotopic (exact) mass is 353 g/mol. The Morgan fingerprint density at radius 3 is 2.64 bits per heavy atom. The normalized spacial score (nSPS) is 12.1. The largest absolute Gasteiger partial charge is 0.342 e. The van der Waals surface area contributed by atoms with Crippen molar-refractivity contribution < 1.29 is 8.42 Å². The Morgan fingerprint density at radius 1 is 1.08 bits per heavy atom. The van der Waals surface area contributed by atoms with Crippen LogP contribution in [0.2, 0.25) is 0 Å². The maximum absolute atomic E-state index is 11.3. The van der Waals surface area contributed by atoms with Gasteiger partial charge in [-0.1, -0.05) is 6.07 Å². The van der Waals surface area contributed by atoms with E-state index in [0.29, 0.717) is 12.2 Å². The fourth-order valence-corrected chi connectivity index (χ4v) is 3.32. The van der Waals surface area contributed by atoms with Gasteiger partial charge < -0.3 is 4.57 Å². The summed E-state index contributed by atoms with van der Waals surface area (Å²) < 4.78 is 24.7. The molecule has 2 N–H and O–H groups in total. The summed E-state index contributed by atoms with van der Waals surface area (Å²) in [4.78, 5) is 12.8. The number of nitrogens with two attached hydrogens (primary N) is 1. The maximum atomic E-state index is 11.3. The lowest BCUT2D eigenvalue weighted by atomic mass is 10.2. The summed E-state index contributed by atoms with van der Waals surface area (Å²) in [7, 11) is -3.78. The summed E-state index contributed by atoms with van der Waals surface area (Å²) in [6.45, 7) is 2.48. The van der Waals surface area contributed by atoms with E-state index in [9.17, 15) is 8.42 Å². The first-order valence-corrected chi connectivity index (χ1v) is 9.15. The van der Waals surface area contributed by atoms with Crippen molar-refractivity contribution in [3.63, 3.8) is 0 Å². The van der Waals surface area contributed by atoms with E-state index >= 15 is 0 Å². The fourth-order valence-electron chi connectivity index (χ4n) is 2.86. The zero-order valence-corrected chi connectivity index (χ0v) is 14.2. The van der Waals surface area contributed by atoms with E-state index in [2.05, 4.69) is 19.5 Å². The van der Waals surface area contributed by atoms with E-state index in [4.69, 9.17) is 5.14 Å². The van der Waals surface area contributed by atoms with Crippen molar-refractivity contribution in [3.05, 3.63) is 60.2 Å². The van der Waals surface area contributed by atoms with Crippen LogP contribution in [-0.4, -0.2) is 27.9 Å². The molecule has 0 radical (unpaired) electrons. The highest BCUT2D eigenvalue weighted by molar-refractivity contribution is 7.89. The Labute approximate surface area is 144 Å². The van der Waals surface area contributed by atoms with Crippen LogP contribution in [0.3, 0.4) is 0 Å². The van der Waals surface area contributed by atoms with Crippen LogP contribution in [0.15, 0.2) is 53.9 Å². The molecule has 4 aromatic rings. The molecule has 0 aliphatic carbocycles. The van der Waals surface area contributed by atoms with Gasteiger partial charge in [0.1, 0.15) is 0 Å². The molecule has 0 bridgehead atoms. The number of rotatable bonds is 3. The average molecular weight is 353 g/mol. The zero-order chi connectivity index (χ0) is 17.6. The van der Waals surface area contributed by atoms with Crippen LogP contribution in [0.1, 0.15) is 11.3 Å². The zero-order valence-electron chi connectivity index (χ0n) is 13.4. The number of fused-ring (bicyclic) bond motifs is 3. The second kappa shape index (κ2) is 5.61. The Balaban J connectivity index is 1.79. The number of hydrogen-bond donors (Lipinski definition) is 1. The van der Waals surface area contributed by atoms with E-state index in [1.165, 1.54) is 12.3 Å². The topological polar surface area (TPSA) is 104 Å². The fraction of sp³-hybridized carbons (Fsp3) is 0.118. The van der Waals surface area contributed by atoms with Gasteiger partial charge in [0.05, 0.1) is 5.52 Å². The Hall–Kier alpha value is -2.84. The molecule has 7 nitrogen and oxygen atoms in total. The predicted octanol–water partition coefficient (Wildman–Crippen LogP) is 1.98. The molecule has 0 saturated carbocycles. The summed E-state index contributed by atoms with van der Waals surface area (Å²) in [5.41, 5.74) is 3.53. The summed E-state index contributed by atoms with van der Waals surface area (Å²) in [5, 5.41) is 6.94. The highest BCUT2D eigenvalue weighted by Crippen LogP contribution is 2.24. The van der Waals surface area contributed by atoms with Crippen LogP contribution in [-0.2, 0) is 16.6 Å². The number of hydrogen-bond acceptors (Lipinski definition) is 5. The molecule has 4 heterocycles. The molecular formula is C17H15N5O2S. The van der Waals surface area contributed by atoms with E-state index in [-0.39, 0.29) is 5.03 Å². The first-order chi connectivity index (χ1) is 11.9. The lowest BCUT2D eigenvalue weighted by molar-refractivity contribution is 0.594. The molecule has 0 aromatic carbocycles. The first-order valence-electron chi connectivity index (χ1n) is 7.61. The van der Waals surface area contributed by atoms with Gasteiger partial charge in [-0.05, 0) is 36.8 Å². The molecule has 0 fully saturated rings. The molecule has 0 aliphatic heterocycles. The molecule has 0 aliphatic rings. The molecule has 4 aromatic heterocycles. The number of pyridine rings is 3. The van der Waals surface area contributed by atoms with Gasteiger partial charge in [0.2, 0.25) is 0 Å². The summed E-state index contributed by atoms with van der Waals surface area (Å²) in [6, 6.07) is 9.11. The Bertz CT molecular complexity index is 1200. The summed E-state index contributed by atoms with van der Waals surface area (Å²) in [5.74, 6) is 0. The third-order valence-electron chi connectivity index (χ3n) is 4.03. The smallest absolute Gasteiger partial charge is 0.255 e. The third-order valence-corrected chi connectivity index (χ3v) is 4.86. The molecule has 8 heteroatoms. The van der Waals surface area contributed by atoms with Crippen LogP contribution >= 0.6 is 0 Å². The second-order valence-corrected chi connectivity index (χ2v) is 7.39. The van der Waals surface area contributed by atoms with Crippen molar-refractivity contribution in [3.8, 4) is 0 Å². The van der Waals surface area contributed by atoms with Crippen molar-refractivity contribution in [1.82, 2.24) is 19.5 Å². The predicted molar refractivity (Wildman–Crippen MR) is 94.5 cm³/mol. The van der Waals surface area contributed by atoms with E-state index in [0.717, 1.165) is 27.5 Å². The Kier molecular flexibility index (Phi) is 3.52. The van der Waals surface area contributed by atoms with Crippen molar-refractivity contribution in [2.24, 2.45) is 5.14 Å². The van der Waals surface area contributed by atoms with Gasteiger partial charge in [-0.15, -0.1) is 0 Å². The van der Waals surface area contributed by atoms with E-state index in [1.807, 2.05) is 37.5 Å². The highest BCUT2D eigenvalue weighted by atomic mass is 32.2. The van der Waals surface area contributed by atoms with Gasteiger partial charge in [-0.3, -0.25) is 0 Å². The molecule has 0 saturated heterocycles. The SMILES string of the molecule is Cc1ccc2c(ncc3ccn(Cc4ccc(S(N)(=O)=O)nc4)c32)n1. The van der Waals surface area contributed by atoms with Crippen molar-refractivity contribution in [1.29, 1.82) is 0 Å². The van der Waals surface area contributed by atoms with Crippen LogP contribution in [0.25, 0.3) is 21.9 Å². The highest BCUT2D eigenvalue weighted by Gasteiger charge is 2.11. The second-order valence-electron chi connectivity index (χ2n) is 5.88. The average Bonchev–Trinajstić information content (AvgIpc) is 2.97. The molecule has 126 valence electrons. The summed E-state index contributed by atoms with van der Waals surface area (Å²) in [6.07, 6.45) is 5.31. The lowest BCUT2D eigenvalue weighted by Crippen LogP contribution is -2.14. The molecule has 0 atom stereocenters. The maximum Gasteiger partial charge on any atom is 0.255 e. The quantitative estimate of drug-likeness (QED) is 0.606. The molecule has 4 rings (SSSR count). The van der Waals surface area contributed by atoms with Crippen LogP contribution in [0, 0.1) is 6.92 Å². The molecule has 0 unspecified atom stereocenters. The molecule has 0 amide bonds. The standard InChI is InChI=1S/C17H15N5O2S/c1-11-2-4-14-16-13(9-20-17(14)21-11)6-7-22(16)10-12-3-5-15(19-8-12)25(18,23)24/h2-9H,10H2,1H3,(H2,18,23,24). The third kappa shape index (κ3) is 2.86. The van der Waals surface area contributed by atoms with Crippen molar-refractivity contribution >= 4 is 32.0 Å². The number of sulfonamides is 1. The minimum atomic E-state index is -3.78. The van der Waals surface area contributed by atoms with Crippen molar-refractivity contribution in [2.75, 3.05) is 0 Å². The molecular weight excluding hydrogens is 338 g/mol. The van der Waals surface area contributed by atoms with Crippen LogP contribution < -0.4 is 5.14 Å². The van der Waals surface area contributed by atoms with Gasteiger partial charge in [-0.2, -0.15) is 0 Å². The van der Waals surface area contributed by atoms with Crippen LogP contribution in [0.5, 0.6) is 0 Å². The number of primary sulfonamides is 1. The van der Waals surface area contributed by atoms with Gasteiger partial charge in [0, 0.05) is 41.6 Å². The van der Waals surface area contributed by atoms with Crippen molar-refractivity contribution in [2.45, 2.75) is 18.5 Å². The van der Waals surface area contributed by atoms with Gasteiger partial charge in [0.25, 0.3) is 10.0 Å². The minimum absolute atomic E-state index is 0.136. The molecule has 0 spiro atoms.